The van der Waals surface area contributed by atoms with Crippen molar-refractivity contribution in [2.75, 3.05) is 52.7 Å². The van der Waals surface area contributed by atoms with Gasteiger partial charge in [0, 0.05) is 19.8 Å². The fraction of sp³-hybridized carbons (Fsp3) is 0.786. The van der Waals surface area contributed by atoms with Crippen LogP contribution >= 0.6 is 31.6 Å². The first-order valence-corrected chi connectivity index (χ1v) is 18.0. The maximum Gasteiger partial charge on any atom is 0.337 e. The molecule has 3 rings (SSSR count). The predicted octanol–water partition coefficient (Wildman–Crippen LogP) is 6.05. The van der Waals surface area contributed by atoms with Gasteiger partial charge in [0.05, 0.1) is 44.6 Å². The molecule has 1 aromatic heterocycles. The van der Waals surface area contributed by atoms with Gasteiger partial charge in [-0.3, -0.25) is 10.1 Å². The average Bonchev–Trinajstić information content (AvgIpc) is 3.36. The molecule has 12 heteroatoms. The quantitative estimate of drug-likeness (QED) is 0.100. The van der Waals surface area contributed by atoms with E-state index >= 15 is 0 Å². The van der Waals surface area contributed by atoms with Gasteiger partial charge in [-0.05, 0) is 59.4 Å². The van der Waals surface area contributed by atoms with E-state index < -0.39 is 17.7 Å². The summed E-state index contributed by atoms with van der Waals surface area (Å²) in [5.74, 6) is 0.413. The Hall–Kier alpha value is -1.26. The zero-order valence-corrected chi connectivity index (χ0v) is 28.1. The summed E-state index contributed by atoms with van der Waals surface area (Å²) >= 11 is 5.58. The second kappa shape index (κ2) is 19.0. The maximum absolute atomic E-state index is 11.8. The zero-order valence-electron chi connectivity index (χ0n) is 25.5. The number of unbranched alkanes of at least 4 members (excludes halogenated alkanes) is 3. The number of methoxy groups -OCH3 is 1. The van der Waals surface area contributed by atoms with Gasteiger partial charge in [-0.25, -0.2) is 4.79 Å². The van der Waals surface area contributed by atoms with Gasteiger partial charge in [0.1, 0.15) is 11.3 Å². The van der Waals surface area contributed by atoms with E-state index in [1.165, 1.54) is 36.6 Å². The molecule has 1 saturated heterocycles. The van der Waals surface area contributed by atoms with E-state index in [0.717, 1.165) is 56.7 Å². The van der Waals surface area contributed by atoms with Crippen LogP contribution < -0.4 is 10.1 Å². The van der Waals surface area contributed by atoms with Crippen molar-refractivity contribution in [1.82, 2.24) is 14.1 Å². The van der Waals surface area contributed by atoms with Crippen LogP contribution in [0.5, 0.6) is 5.88 Å². The molecule has 0 saturated carbocycles. The molecule has 0 spiro atoms. The van der Waals surface area contributed by atoms with Crippen LogP contribution in [0.25, 0.3) is 5.57 Å². The van der Waals surface area contributed by atoms with Crippen LogP contribution in [0.15, 0.2) is 6.08 Å². The van der Waals surface area contributed by atoms with Crippen LogP contribution in [0.4, 0.5) is 0 Å². The molecule has 1 N–H and O–H groups in total. The van der Waals surface area contributed by atoms with E-state index in [1.807, 2.05) is 20.8 Å². The first-order valence-electron chi connectivity index (χ1n) is 14.1. The SMILES string of the molecule is CC(C)(C)OC(=O)C1(S)CCCCN1.CCCCCCOc1nsnc1C1=CCC[P+](C)(COC=O)C1.COC. The number of nitrogens with zero attached hydrogens (tertiary/aromatic N) is 2. The molecule has 2 unspecified atom stereocenters. The third kappa shape index (κ3) is 14.1. The number of hydrogen-bond acceptors (Lipinski definition) is 11. The molecule has 0 aromatic carbocycles. The van der Waals surface area contributed by atoms with Gasteiger partial charge in [0.2, 0.25) is 0 Å². The second-order valence-electron chi connectivity index (χ2n) is 11.4. The fourth-order valence-electron chi connectivity index (χ4n) is 4.19. The van der Waals surface area contributed by atoms with Gasteiger partial charge in [0.15, 0.2) is 11.2 Å². The third-order valence-corrected chi connectivity index (χ3v) is 10.5. The number of aromatic nitrogens is 2. The molecule has 2 aliphatic rings. The molecule has 2 atom stereocenters. The number of hydrogen-bond donors (Lipinski definition) is 2. The largest absolute Gasteiger partial charge is 0.475 e. The van der Waals surface area contributed by atoms with Crippen LogP contribution in [-0.2, 0) is 23.8 Å². The van der Waals surface area contributed by atoms with Gasteiger partial charge in [0.25, 0.3) is 12.4 Å². The zero-order chi connectivity index (χ0) is 30.1. The Kier molecular flexibility index (Phi) is 17.5. The van der Waals surface area contributed by atoms with Crippen molar-refractivity contribution in [3.05, 3.63) is 11.8 Å². The Labute approximate surface area is 251 Å². The van der Waals surface area contributed by atoms with E-state index in [2.05, 4.69) is 51.1 Å². The van der Waals surface area contributed by atoms with Crippen molar-refractivity contribution in [2.24, 2.45) is 0 Å². The summed E-state index contributed by atoms with van der Waals surface area (Å²) in [6.07, 6.45) is 13.5. The number of ether oxygens (including phenoxy) is 4. The van der Waals surface area contributed by atoms with Gasteiger partial charge in [-0.15, -0.1) is 17.0 Å². The monoisotopic (exact) mass is 620 g/mol. The maximum atomic E-state index is 11.8. The van der Waals surface area contributed by atoms with Crippen molar-refractivity contribution in [1.29, 1.82) is 0 Å². The minimum atomic E-state index is -1.28. The summed E-state index contributed by atoms with van der Waals surface area (Å²) < 4.78 is 29.2. The molecule has 230 valence electrons. The molecule has 0 bridgehead atoms. The predicted molar refractivity (Wildman–Crippen MR) is 169 cm³/mol. The number of esters is 1. The van der Waals surface area contributed by atoms with Crippen LogP contribution in [0.2, 0.25) is 0 Å². The number of carbonyl (C=O) groups is 2. The van der Waals surface area contributed by atoms with Crippen molar-refractivity contribution in [2.45, 2.75) is 89.5 Å². The summed E-state index contributed by atoms with van der Waals surface area (Å²) in [5, 5.41) is 3.11. The average molecular weight is 621 g/mol. The lowest BCUT2D eigenvalue weighted by Gasteiger charge is -2.34. The molecule has 1 aromatic rings. The van der Waals surface area contributed by atoms with E-state index in [1.54, 1.807) is 14.2 Å². The highest BCUT2D eigenvalue weighted by atomic mass is 32.1. The molecular weight excluding hydrogens is 569 g/mol. The molecule has 0 aliphatic carbocycles. The minimum Gasteiger partial charge on any atom is -0.475 e. The highest BCUT2D eigenvalue weighted by molar-refractivity contribution is 7.82. The highest BCUT2D eigenvalue weighted by Crippen LogP contribution is 2.60. The Balaban J connectivity index is 0.000000401. The lowest BCUT2D eigenvalue weighted by molar-refractivity contribution is -0.159. The van der Waals surface area contributed by atoms with E-state index in [0.29, 0.717) is 25.3 Å². The van der Waals surface area contributed by atoms with Crippen molar-refractivity contribution < 1.29 is 28.5 Å². The molecule has 1 fully saturated rings. The summed E-state index contributed by atoms with van der Waals surface area (Å²) in [7, 11) is 1.97. The Morgan fingerprint density at radius 1 is 1.23 bits per heavy atom. The van der Waals surface area contributed by atoms with Crippen molar-refractivity contribution in [3.8, 4) is 5.88 Å². The third-order valence-electron chi connectivity index (χ3n) is 6.18. The van der Waals surface area contributed by atoms with Gasteiger partial charge in [-0.2, -0.15) is 4.37 Å². The number of rotatable bonds is 11. The molecule has 0 radical (unpaired) electrons. The van der Waals surface area contributed by atoms with Crippen molar-refractivity contribution in [3.63, 3.8) is 0 Å². The number of piperidine rings is 1. The summed E-state index contributed by atoms with van der Waals surface area (Å²) in [4.78, 5) is 21.5. The fourth-order valence-corrected chi connectivity index (χ4v) is 7.69. The van der Waals surface area contributed by atoms with E-state index in [-0.39, 0.29) is 5.97 Å². The van der Waals surface area contributed by atoms with E-state index in [4.69, 9.17) is 14.2 Å². The number of nitrogens with one attached hydrogen (secondary N) is 1. The Morgan fingerprint density at radius 3 is 2.55 bits per heavy atom. The molecule has 9 nitrogen and oxygen atoms in total. The normalized spacial score (nSPS) is 22.4. The van der Waals surface area contributed by atoms with Gasteiger partial charge in [-0.1, -0.05) is 32.3 Å². The second-order valence-corrected chi connectivity index (χ2v) is 16.9. The Bertz CT molecular complexity index is 903. The standard InChI is InChI=1S/C16H26N2O3PS.C10H19NO2S.C2H6O/c1-3-4-5-6-9-21-16-15(17-23-18-16)14-8-7-10-22(2,11-14)13-20-12-19;1-9(2,3)13-8(12)10(14)6-4-5-7-11-10;1-3-2/h8,12H,3-7,9-11,13H2,1-2H3;11,14H,4-7H2,1-3H3;1-2H3/q+1;;. The van der Waals surface area contributed by atoms with Crippen molar-refractivity contribution >= 4 is 49.6 Å². The molecule has 3 heterocycles. The van der Waals surface area contributed by atoms with E-state index in [9.17, 15) is 9.59 Å². The Morgan fingerprint density at radius 2 is 1.95 bits per heavy atom. The topological polar surface area (TPSA) is 109 Å². The molecule has 0 amide bonds. The summed E-state index contributed by atoms with van der Waals surface area (Å²) in [5.41, 5.74) is 1.66. The number of thiol groups is 1. The first-order chi connectivity index (χ1) is 18.9. The molecule has 40 heavy (non-hydrogen) atoms. The first kappa shape index (κ1) is 36.8. The summed E-state index contributed by atoms with van der Waals surface area (Å²) in [6.45, 7) is 12.1. The lowest BCUT2D eigenvalue weighted by Crippen LogP contribution is -2.52. The number of allylic oxidation sites excluding steroid dienone is 2. The number of carbonyl (C=O) groups excluding carboxylic acids is 2. The van der Waals surface area contributed by atoms with Crippen LogP contribution in [0, 0.1) is 0 Å². The van der Waals surface area contributed by atoms with Gasteiger partial charge < -0.3 is 18.9 Å². The highest BCUT2D eigenvalue weighted by Gasteiger charge is 2.39. The minimum absolute atomic E-state index is 0.256. The molecule has 2 aliphatic heterocycles. The van der Waals surface area contributed by atoms with Crippen LogP contribution in [0.1, 0.15) is 84.8 Å². The van der Waals surface area contributed by atoms with Crippen LogP contribution in [0.3, 0.4) is 0 Å². The van der Waals surface area contributed by atoms with Gasteiger partial charge >= 0.3 is 5.97 Å². The lowest BCUT2D eigenvalue weighted by atomic mass is 10.0. The molecular formula is C28H51N3O6PS2+. The summed E-state index contributed by atoms with van der Waals surface area (Å²) in [6, 6.07) is 0. The smallest absolute Gasteiger partial charge is 0.337 e. The van der Waals surface area contributed by atoms with Crippen LogP contribution in [-0.4, -0.2) is 84.4 Å².